The van der Waals surface area contributed by atoms with E-state index >= 15 is 0 Å². The lowest BCUT2D eigenvalue weighted by Gasteiger charge is -2.25. The number of hydrogen-bond donors (Lipinski definition) is 1. The Morgan fingerprint density at radius 3 is 2.21 bits per heavy atom. The van der Waals surface area contributed by atoms with Crippen LogP contribution in [0.1, 0.15) is 22.5 Å². The summed E-state index contributed by atoms with van der Waals surface area (Å²) < 4.78 is 30.4. The van der Waals surface area contributed by atoms with E-state index in [9.17, 15) is 13.2 Å². The Balaban J connectivity index is 2.32. The lowest BCUT2D eigenvalue weighted by Crippen LogP contribution is -2.38. The van der Waals surface area contributed by atoms with Crippen molar-refractivity contribution < 1.29 is 17.7 Å². The summed E-state index contributed by atoms with van der Waals surface area (Å²) in [5, 5.41) is 6.21. The minimum atomic E-state index is -3.63. The predicted octanol–water partition coefficient (Wildman–Crippen LogP) is 2.31. The highest BCUT2D eigenvalue weighted by Crippen LogP contribution is 2.28. The Hall–Kier alpha value is -2.35. The maximum Gasteiger partial charge on any atom is 0.246 e. The van der Waals surface area contributed by atoms with Gasteiger partial charge in [-0.15, -0.1) is 0 Å². The summed E-state index contributed by atoms with van der Waals surface area (Å²) >= 11 is 0. The highest BCUT2D eigenvalue weighted by molar-refractivity contribution is 7.92. The molecule has 0 bridgehead atoms. The van der Waals surface area contributed by atoms with Crippen LogP contribution in [0.3, 0.4) is 0 Å². The molecule has 1 amide bonds. The quantitative estimate of drug-likeness (QED) is 0.892. The van der Waals surface area contributed by atoms with Crippen molar-refractivity contribution in [3.05, 3.63) is 40.6 Å². The van der Waals surface area contributed by atoms with Gasteiger partial charge in [0.1, 0.15) is 12.3 Å². The maximum atomic E-state index is 12.2. The van der Waals surface area contributed by atoms with Gasteiger partial charge in [0.15, 0.2) is 5.82 Å². The normalized spacial score (nSPS) is 11.4. The Morgan fingerprint density at radius 2 is 1.75 bits per heavy atom. The SMILES string of the molecule is Cc1cc(C)c(N(CC(=O)Nc2cc(C)on2)S(C)(=O)=O)c(C)c1. The molecular weight excluding hydrogens is 330 g/mol. The third-order valence-electron chi connectivity index (χ3n) is 3.47. The van der Waals surface area contributed by atoms with Gasteiger partial charge in [-0.05, 0) is 38.8 Å². The van der Waals surface area contributed by atoms with Gasteiger partial charge in [-0.3, -0.25) is 9.10 Å². The summed E-state index contributed by atoms with van der Waals surface area (Å²) in [7, 11) is -3.63. The number of benzene rings is 1. The molecule has 0 atom stereocenters. The van der Waals surface area contributed by atoms with Crippen LogP contribution >= 0.6 is 0 Å². The van der Waals surface area contributed by atoms with E-state index in [4.69, 9.17) is 4.52 Å². The first-order chi connectivity index (χ1) is 11.1. The molecule has 0 aliphatic heterocycles. The van der Waals surface area contributed by atoms with Crippen LogP contribution in [0.4, 0.5) is 11.5 Å². The minimum absolute atomic E-state index is 0.253. The molecule has 0 saturated heterocycles. The fourth-order valence-corrected chi connectivity index (χ4v) is 3.64. The fourth-order valence-electron chi connectivity index (χ4n) is 2.67. The van der Waals surface area contributed by atoms with Crippen molar-refractivity contribution in [2.75, 3.05) is 22.4 Å². The number of nitrogens with one attached hydrogen (secondary N) is 1. The van der Waals surface area contributed by atoms with E-state index in [0.717, 1.165) is 27.3 Å². The van der Waals surface area contributed by atoms with Gasteiger partial charge >= 0.3 is 0 Å². The molecule has 0 fully saturated rings. The van der Waals surface area contributed by atoms with Crippen LogP contribution in [0, 0.1) is 27.7 Å². The molecule has 1 N–H and O–H groups in total. The summed E-state index contributed by atoms with van der Waals surface area (Å²) in [6, 6.07) is 5.34. The largest absolute Gasteiger partial charge is 0.360 e. The average Bonchev–Trinajstić information content (AvgIpc) is 2.80. The van der Waals surface area contributed by atoms with Gasteiger partial charge in [-0.1, -0.05) is 22.9 Å². The molecule has 2 aromatic rings. The van der Waals surface area contributed by atoms with Crippen molar-refractivity contribution in [2.24, 2.45) is 0 Å². The molecule has 0 aliphatic rings. The number of rotatable bonds is 5. The van der Waals surface area contributed by atoms with E-state index in [1.165, 1.54) is 0 Å². The van der Waals surface area contributed by atoms with Crippen molar-refractivity contribution in [3.8, 4) is 0 Å². The van der Waals surface area contributed by atoms with E-state index in [2.05, 4.69) is 10.5 Å². The van der Waals surface area contributed by atoms with Gasteiger partial charge in [0, 0.05) is 6.07 Å². The third kappa shape index (κ3) is 4.14. The van der Waals surface area contributed by atoms with Crippen LogP contribution in [-0.2, 0) is 14.8 Å². The third-order valence-corrected chi connectivity index (χ3v) is 4.58. The molecule has 130 valence electrons. The van der Waals surface area contributed by atoms with Crippen LogP contribution < -0.4 is 9.62 Å². The standard InChI is InChI=1S/C16H21N3O4S/c1-10-6-11(2)16(12(3)7-10)19(24(5,21)22)9-15(20)17-14-8-13(4)23-18-14/h6-8H,9H2,1-5H3,(H,17,18,20). The van der Waals surface area contributed by atoms with Crippen LogP contribution in [0.2, 0.25) is 0 Å². The topological polar surface area (TPSA) is 92.5 Å². The second kappa shape index (κ2) is 6.64. The number of aryl methyl sites for hydroxylation is 4. The first-order valence-corrected chi connectivity index (χ1v) is 9.21. The van der Waals surface area contributed by atoms with E-state index < -0.39 is 15.9 Å². The van der Waals surface area contributed by atoms with E-state index in [1.807, 2.05) is 32.9 Å². The number of hydrogen-bond acceptors (Lipinski definition) is 5. The van der Waals surface area contributed by atoms with E-state index in [0.29, 0.717) is 11.4 Å². The molecule has 2 rings (SSSR count). The zero-order valence-electron chi connectivity index (χ0n) is 14.4. The minimum Gasteiger partial charge on any atom is -0.360 e. The fraction of sp³-hybridized carbons (Fsp3) is 0.375. The Bertz CT molecular complexity index is 848. The molecule has 0 unspecified atom stereocenters. The second-order valence-corrected chi connectivity index (χ2v) is 7.79. The van der Waals surface area contributed by atoms with Gasteiger partial charge in [-0.2, -0.15) is 0 Å². The Morgan fingerprint density at radius 1 is 1.17 bits per heavy atom. The smallest absolute Gasteiger partial charge is 0.246 e. The van der Waals surface area contributed by atoms with Crippen molar-refractivity contribution >= 4 is 27.4 Å². The number of anilines is 2. The molecular formula is C16H21N3O4S. The molecule has 1 heterocycles. The van der Waals surface area contributed by atoms with Crippen LogP contribution in [0.5, 0.6) is 0 Å². The highest BCUT2D eigenvalue weighted by Gasteiger charge is 2.24. The van der Waals surface area contributed by atoms with Gasteiger partial charge in [0.05, 0.1) is 11.9 Å². The molecule has 1 aromatic carbocycles. The molecule has 0 saturated carbocycles. The van der Waals surface area contributed by atoms with Crippen molar-refractivity contribution in [1.82, 2.24) is 5.16 Å². The van der Waals surface area contributed by atoms with Crippen LogP contribution in [0.15, 0.2) is 22.7 Å². The van der Waals surface area contributed by atoms with Crippen LogP contribution in [0.25, 0.3) is 0 Å². The van der Waals surface area contributed by atoms with Crippen molar-refractivity contribution in [3.63, 3.8) is 0 Å². The molecule has 0 aliphatic carbocycles. The predicted molar refractivity (Wildman–Crippen MR) is 92.7 cm³/mol. The number of carbonyl (C=O) groups is 1. The average molecular weight is 351 g/mol. The zero-order valence-corrected chi connectivity index (χ0v) is 15.2. The monoisotopic (exact) mass is 351 g/mol. The van der Waals surface area contributed by atoms with Crippen molar-refractivity contribution in [1.29, 1.82) is 0 Å². The Kier molecular flexibility index (Phi) is 4.98. The number of carbonyl (C=O) groups excluding carboxylic acids is 1. The van der Waals surface area contributed by atoms with Crippen molar-refractivity contribution in [2.45, 2.75) is 27.7 Å². The molecule has 8 heteroatoms. The zero-order chi connectivity index (χ0) is 18.1. The lowest BCUT2D eigenvalue weighted by molar-refractivity contribution is -0.114. The van der Waals surface area contributed by atoms with Crippen LogP contribution in [-0.4, -0.2) is 32.3 Å². The van der Waals surface area contributed by atoms with Gasteiger partial charge < -0.3 is 9.84 Å². The maximum absolute atomic E-state index is 12.2. The number of nitrogens with zero attached hydrogens (tertiary/aromatic N) is 2. The summed E-state index contributed by atoms with van der Waals surface area (Å²) in [6.07, 6.45) is 1.08. The summed E-state index contributed by atoms with van der Waals surface area (Å²) in [5.74, 6) is 0.312. The van der Waals surface area contributed by atoms with E-state index in [-0.39, 0.29) is 12.4 Å². The molecule has 7 nitrogen and oxygen atoms in total. The van der Waals surface area contributed by atoms with Gasteiger partial charge in [0.2, 0.25) is 15.9 Å². The first kappa shape index (κ1) is 18.0. The lowest BCUT2D eigenvalue weighted by atomic mass is 10.1. The number of amides is 1. The van der Waals surface area contributed by atoms with Gasteiger partial charge in [0.25, 0.3) is 0 Å². The van der Waals surface area contributed by atoms with E-state index in [1.54, 1.807) is 13.0 Å². The number of aromatic nitrogens is 1. The Labute approximate surface area is 141 Å². The molecule has 24 heavy (non-hydrogen) atoms. The summed E-state index contributed by atoms with van der Waals surface area (Å²) in [6.45, 7) is 6.95. The molecule has 0 radical (unpaired) electrons. The highest BCUT2D eigenvalue weighted by atomic mass is 32.2. The molecule has 0 spiro atoms. The van der Waals surface area contributed by atoms with Gasteiger partial charge in [-0.25, -0.2) is 8.42 Å². The summed E-state index contributed by atoms with van der Waals surface area (Å²) in [5.41, 5.74) is 3.14. The summed E-state index contributed by atoms with van der Waals surface area (Å²) in [4.78, 5) is 12.2. The second-order valence-electron chi connectivity index (χ2n) is 5.89. The molecule has 1 aromatic heterocycles. The first-order valence-electron chi connectivity index (χ1n) is 7.36. The number of sulfonamides is 1.